The Bertz CT molecular complexity index is 1150. The highest BCUT2D eigenvalue weighted by atomic mass is 16.7. The number of rotatable bonds is 9. The Morgan fingerprint density at radius 1 is 1.15 bits per heavy atom. The van der Waals surface area contributed by atoms with Gasteiger partial charge in [0.15, 0.2) is 11.5 Å². The molecule has 0 spiro atoms. The molecule has 2 aromatic carbocycles. The molecule has 0 radical (unpaired) electrons. The number of anilines is 1. The molecule has 5 rings (SSSR count). The number of aldehydes is 1. The summed E-state index contributed by atoms with van der Waals surface area (Å²) in [5.41, 5.74) is 4.41. The van der Waals surface area contributed by atoms with Crippen molar-refractivity contribution in [3.05, 3.63) is 59.8 Å². The Morgan fingerprint density at radius 2 is 2.06 bits per heavy atom. The minimum Gasteiger partial charge on any atom is -0.494 e. The summed E-state index contributed by atoms with van der Waals surface area (Å²) in [5, 5.41) is 0. The quantitative estimate of drug-likeness (QED) is 0.357. The number of aryl methyl sites for hydroxylation is 1. The van der Waals surface area contributed by atoms with E-state index in [1.165, 1.54) is 11.1 Å². The van der Waals surface area contributed by atoms with Crippen molar-refractivity contribution in [3.8, 4) is 28.5 Å². The molecule has 7 heteroatoms. The normalized spacial score (nSPS) is 15.8. The predicted octanol–water partition coefficient (Wildman–Crippen LogP) is 4.40. The van der Waals surface area contributed by atoms with Crippen LogP contribution in [0.2, 0.25) is 0 Å². The van der Waals surface area contributed by atoms with Crippen LogP contribution in [0, 0.1) is 0 Å². The zero-order valence-corrected chi connectivity index (χ0v) is 18.7. The van der Waals surface area contributed by atoms with Crippen molar-refractivity contribution in [3.63, 3.8) is 0 Å². The van der Waals surface area contributed by atoms with Crippen LogP contribution in [0.1, 0.15) is 36.3 Å². The molecule has 2 heterocycles. The SMILES string of the molecule is CN(CCCOc1ccc2c(c1)CC[C@H]2CC=O)c1nccc(-c2ccc3c(c2)OCO3)n1. The predicted molar refractivity (Wildman–Crippen MR) is 125 cm³/mol. The molecule has 0 bridgehead atoms. The second kappa shape index (κ2) is 9.48. The molecule has 0 N–H and O–H groups in total. The average molecular weight is 446 g/mol. The highest BCUT2D eigenvalue weighted by molar-refractivity contribution is 5.65. The number of carbonyl (C=O) groups is 1. The Kier molecular flexibility index (Phi) is 6.11. The highest BCUT2D eigenvalue weighted by Crippen LogP contribution is 2.37. The first-order chi connectivity index (χ1) is 16.2. The molecule has 0 saturated heterocycles. The van der Waals surface area contributed by atoms with E-state index < -0.39 is 0 Å². The molecule has 7 nitrogen and oxygen atoms in total. The van der Waals surface area contributed by atoms with E-state index in [0.717, 1.165) is 60.6 Å². The van der Waals surface area contributed by atoms with E-state index in [9.17, 15) is 4.79 Å². The van der Waals surface area contributed by atoms with Gasteiger partial charge in [-0.3, -0.25) is 0 Å². The van der Waals surface area contributed by atoms with E-state index in [1.807, 2.05) is 42.3 Å². The summed E-state index contributed by atoms with van der Waals surface area (Å²) in [6.07, 6.45) is 6.32. The van der Waals surface area contributed by atoms with Crippen molar-refractivity contribution in [2.45, 2.75) is 31.6 Å². The molecule has 0 fully saturated rings. The van der Waals surface area contributed by atoms with Gasteiger partial charge in [-0.2, -0.15) is 0 Å². The molecular weight excluding hydrogens is 418 g/mol. The van der Waals surface area contributed by atoms with Crippen LogP contribution < -0.4 is 19.1 Å². The first kappa shape index (κ1) is 21.2. The zero-order valence-electron chi connectivity index (χ0n) is 18.7. The van der Waals surface area contributed by atoms with Crippen LogP contribution in [-0.4, -0.2) is 43.2 Å². The number of carbonyl (C=O) groups excluding carboxylic acids is 1. The van der Waals surface area contributed by atoms with E-state index in [2.05, 4.69) is 17.1 Å². The highest BCUT2D eigenvalue weighted by Gasteiger charge is 2.22. The number of fused-ring (bicyclic) bond motifs is 2. The lowest BCUT2D eigenvalue weighted by Gasteiger charge is -2.18. The number of nitrogens with zero attached hydrogens (tertiary/aromatic N) is 3. The topological polar surface area (TPSA) is 73.8 Å². The van der Waals surface area contributed by atoms with E-state index in [4.69, 9.17) is 19.2 Å². The fourth-order valence-corrected chi connectivity index (χ4v) is 4.47. The second-order valence-corrected chi connectivity index (χ2v) is 8.43. The molecule has 170 valence electrons. The third-order valence-electron chi connectivity index (χ3n) is 6.26. The number of hydrogen-bond acceptors (Lipinski definition) is 7. The first-order valence-electron chi connectivity index (χ1n) is 11.3. The van der Waals surface area contributed by atoms with Gasteiger partial charge in [0.2, 0.25) is 12.7 Å². The minimum atomic E-state index is 0.255. The molecule has 3 aromatic rings. The van der Waals surface area contributed by atoms with Crippen molar-refractivity contribution in [1.82, 2.24) is 9.97 Å². The van der Waals surface area contributed by atoms with E-state index in [1.54, 1.807) is 6.20 Å². The maximum absolute atomic E-state index is 10.9. The van der Waals surface area contributed by atoms with Gasteiger partial charge in [-0.25, -0.2) is 9.97 Å². The van der Waals surface area contributed by atoms with Crippen LogP contribution in [-0.2, 0) is 11.2 Å². The van der Waals surface area contributed by atoms with Crippen molar-refractivity contribution < 1.29 is 19.0 Å². The second-order valence-electron chi connectivity index (χ2n) is 8.43. The van der Waals surface area contributed by atoms with Crippen molar-refractivity contribution in [2.24, 2.45) is 0 Å². The van der Waals surface area contributed by atoms with Gasteiger partial charge in [-0.15, -0.1) is 0 Å². The lowest BCUT2D eigenvalue weighted by molar-refractivity contribution is -0.108. The van der Waals surface area contributed by atoms with Gasteiger partial charge in [0.05, 0.1) is 12.3 Å². The smallest absolute Gasteiger partial charge is 0.231 e. The van der Waals surface area contributed by atoms with Crippen LogP contribution in [0.25, 0.3) is 11.3 Å². The average Bonchev–Trinajstić information content (AvgIpc) is 3.48. The van der Waals surface area contributed by atoms with Crippen LogP contribution in [0.15, 0.2) is 48.7 Å². The first-order valence-corrected chi connectivity index (χ1v) is 11.3. The molecule has 0 unspecified atom stereocenters. The van der Waals surface area contributed by atoms with Crippen LogP contribution in [0.4, 0.5) is 5.95 Å². The van der Waals surface area contributed by atoms with E-state index in [-0.39, 0.29) is 6.79 Å². The summed E-state index contributed by atoms with van der Waals surface area (Å²) in [6.45, 7) is 1.64. The Balaban J connectivity index is 1.15. The van der Waals surface area contributed by atoms with Gasteiger partial charge in [-0.05, 0) is 72.7 Å². The van der Waals surface area contributed by atoms with Crippen molar-refractivity contribution >= 4 is 12.2 Å². The number of ether oxygens (including phenoxy) is 3. The third-order valence-corrected chi connectivity index (χ3v) is 6.26. The van der Waals surface area contributed by atoms with Crippen molar-refractivity contribution in [2.75, 3.05) is 31.9 Å². The van der Waals surface area contributed by atoms with Crippen LogP contribution in [0.3, 0.4) is 0 Å². The largest absolute Gasteiger partial charge is 0.494 e. The molecule has 1 atom stereocenters. The summed E-state index contributed by atoms with van der Waals surface area (Å²) >= 11 is 0. The lowest BCUT2D eigenvalue weighted by atomic mass is 9.99. The molecule has 1 aliphatic carbocycles. The monoisotopic (exact) mass is 445 g/mol. The summed E-state index contributed by atoms with van der Waals surface area (Å²) in [5.74, 6) is 3.43. The molecule has 0 amide bonds. The maximum Gasteiger partial charge on any atom is 0.231 e. The Hall–Kier alpha value is -3.61. The van der Waals surface area contributed by atoms with E-state index in [0.29, 0.717) is 24.9 Å². The third kappa shape index (κ3) is 4.62. The van der Waals surface area contributed by atoms with Crippen LogP contribution in [0.5, 0.6) is 17.2 Å². The molecule has 1 aromatic heterocycles. The van der Waals surface area contributed by atoms with Gasteiger partial charge in [0.1, 0.15) is 12.0 Å². The summed E-state index contributed by atoms with van der Waals surface area (Å²) in [7, 11) is 1.99. The number of aromatic nitrogens is 2. The number of hydrogen-bond donors (Lipinski definition) is 0. The molecular formula is C26H27N3O4. The lowest BCUT2D eigenvalue weighted by Crippen LogP contribution is -2.22. The number of benzene rings is 2. The summed E-state index contributed by atoms with van der Waals surface area (Å²) in [4.78, 5) is 22.0. The van der Waals surface area contributed by atoms with Gasteiger partial charge in [-0.1, -0.05) is 6.07 Å². The van der Waals surface area contributed by atoms with Crippen molar-refractivity contribution in [1.29, 1.82) is 0 Å². The molecule has 1 aliphatic heterocycles. The molecule has 33 heavy (non-hydrogen) atoms. The van der Waals surface area contributed by atoms with Gasteiger partial charge in [0.25, 0.3) is 0 Å². The fourth-order valence-electron chi connectivity index (χ4n) is 4.47. The van der Waals surface area contributed by atoms with Gasteiger partial charge >= 0.3 is 0 Å². The maximum atomic E-state index is 10.9. The Labute approximate surface area is 193 Å². The zero-order chi connectivity index (χ0) is 22.6. The molecule has 0 saturated carbocycles. The Morgan fingerprint density at radius 3 is 2.97 bits per heavy atom. The standard InChI is InChI=1S/C26H27N3O4/c1-29(12-2-14-31-21-6-7-22-18(10-13-30)3-4-19(22)15-21)26-27-11-9-23(28-26)20-5-8-24-25(16-20)33-17-32-24/h5-9,11,13,15-16,18H,2-4,10,12,14,17H2,1H3/t18-/m0/s1. The summed E-state index contributed by atoms with van der Waals surface area (Å²) < 4.78 is 16.8. The van der Waals surface area contributed by atoms with Gasteiger partial charge < -0.3 is 23.9 Å². The van der Waals surface area contributed by atoms with Gasteiger partial charge in [0, 0.05) is 31.8 Å². The molecule has 2 aliphatic rings. The fraction of sp³-hybridized carbons (Fsp3) is 0.346. The van der Waals surface area contributed by atoms with E-state index >= 15 is 0 Å². The van der Waals surface area contributed by atoms with Crippen LogP contribution >= 0.6 is 0 Å². The minimum absolute atomic E-state index is 0.255. The summed E-state index contributed by atoms with van der Waals surface area (Å²) in [6, 6.07) is 14.0.